The third-order valence-electron chi connectivity index (χ3n) is 4.42. The van der Waals surface area contributed by atoms with Crippen LogP contribution in [-0.4, -0.2) is 43.8 Å². The number of likely N-dealkylation sites (N-methyl/N-ethyl adjacent to an activating group) is 1. The minimum absolute atomic E-state index is 0.126. The lowest BCUT2D eigenvalue weighted by Crippen LogP contribution is -2.37. The third kappa shape index (κ3) is 4.31. The molecule has 0 spiro atoms. The fourth-order valence-electron chi connectivity index (χ4n) is 2.91. The molecule has 6 nitrogen and oxygen atoms in total. The summed E-state index contributed by atoms with van der Waals surface area (Å²) in [7, 11) is 3.44. The quantitative estimate of drug-likeness (QED) is 0.580. The molecule has 0 aromatic heterocycles. The number of carbonyl (C=O) groups excluding carboxylic acids is 1. The molecule has 1 aliphatic rings. The van der Waals surface area contributed by atoms with Crippen molar-refractivity contribution in [3.05, 3.63) is 53.1 Å². The summed E-state index contributed by atoms with van der Waals surface area (Å²) in [5, 5.41) is 3.90. The Morgan fingerprint density at radius 3 is 2.81 bits per heavy atom. The van der Waals surface area contributed by atoms with E-state index in [1.165, 1.54) is 7.11 Å². The van der Waals surface area contributed by atoms with E-state index in [0.717, 1.165) is 17.4 Å². The second-order valence-electron chi connectivity index (χ2n) is 6.15. The highest BCUT2D eigenvalue weighted by Gasteiger charge is 2.25. The van der Waals surface area contributed by atoms with Crippen LogP contribution in [0.5, 0.6) is 17.2 Å². The number of hydrogen-bond donors (Lipinski definition) is 1. The van der Waals surface area contributed by atoms with Crippen LogP contribution in [0.4, 0.5) is 0 Å². The molecule has 0 aliphatic carbocycles. The van der Waals surface area contributed by atoms with Gasteiger partial charge in [-0.05, 0) is 35.8 Å². The fourth-order valence-corrected chi connectivity index (χ4v) is 3.08. The molecule has 0 radical (unpaired) electrons. The number of fused-ring (bicyclic) bond motifs is 1. The van der Waals surface area contributed by atoms with E-state index < -0.39 is 0 Å². The van der Waals surface area contributed by atoms with Gasteiger partial charge in [0.2, 0.25) is 12.5 Å². The maximum Gasteiger partial charge on any atom is 0.231 e. The smallest absolute Gasteiger partial charge is 0.231 e. The second-order valence-corrected chi connectivity index (χ2v) is 6.54. The number of nitrogens with zero attached hydrogens (tertiary/aromatic N) is 1. The summed E-state index contributed by atoms with van der Waals surface area (Å²) >= 11 is 5.46. The minimum atomic E-state index is 0.126. The Hall–Kier alpha value is -2.80. The summed E-state index contributed by atoms with van der Waals surface area (Å²) < 4.78 is 16.2. The molecular weight excluding hydrogens is 364 g/mol. The van der Waals surface area contributed by atoms with Gasteiger partial charge >= 0.3 is 0 Å². The largest absolute Gasteiger partial charge is 0.492 e. The summed E-state index contributed by atoms with van der Waals surface area (Å²) in [4.78, 5) is 13.6. The summed E-state index contributed by atoms with van der Waals surface area (Å²) in [5.41, 5.74) is 2.49. The molecule has 1 N–H and O–H groups in total. The molecule has 0 bridgehead atoms. The molecule has 0 unspecified atom stereocenters. The Morgan fingerprint density at radius 2 is 2.11 bits per heavy atom. The van der Waals surface area contributed by atoms with Crippen molar-refractivity contribution in [1.29, 1.82) is 0 Å². The Morgan fingerprint density at radius 1 is 1.33 bits per heavy atom. The number of thiocarbonyl (C=S) groups is 1. The van der Waals surface area contributed by atoms with Crippen LogP contribution in [0, 0.1) is 0 Å². The van der Waals surface area contributed by atoms with Crippen LogP contribution in [0.2, 0.25) is 0 Å². The molecule has 7 heteroatoms. The van der Waals surface area contributed by atoms with E-state index in [4.69, 9.17) is 26.4 Å². The molecule has 0 amide bonds. The van der Waals surface area contributed by atoms with Gasteiger partial charge in [-0.3, -0.25) is 4.79 Å². The minimum Gasteiger partial charge on any atom is -0.492 e. The monoisotopic (exact) mass is 386 g/mol. The zero-order valence-electron chi connectivity index (χ0n) is 15.4. The van der Waals surface area contributed by atoms with E-state index in [9.17, 15) is 4.79 Å². The van der Waals surface area contributed by atoms with Gasteiger partial charge in [0.15, 0.2) is 22.9 Å². The Balaban J connectivity index is 1.64. The lowest BCUT2D eigenvalue weighted by molar-refractivity contribution is 0.111. The van der Waals surface area contributed by atoms with E-state index in [1.54, 1.807) is 0 Å². The number of benzene rings is 2. The number of rotatable bonds is 7. The molecule has 142 valence electrons. The molecule has 0 saturated heterocycles. The Bertz CT molecular complexity index is 826. The van der Waals surface area contributed by atoms with Crippen molar-refractivity contribution in [3.8, 4) is 17.2 Å². The van der Waals surface area contributed by atoms with E-state index in [1.807, 2.05) is 48.3 Å². The van der Waals surface area contributed by atoms with Gasteiger partial charge in [0.25, 0.3) is 0 Å². The van der Waals surface area contributed by atoms with Crippen molar-refractivity contribution in [2.45, 2.75) is 13.0 Å². The second kappa shape index (κ2) is 8.73. The lowest BCUT2D eigenvalue weighted by atomic mass is 10.0. The van der Waals surface area contributed by atoms with E-state index >= 15 is 0 Å². The predicted octanol–water partition coefficient (Wildman–Crippen LogP) is 2.79. The van der Waals surface area contributed by atoms with Crippen LogP contribution in [0.3, 0.4) is 0 Å². The first-order chi connectivity index (χ1) is 13.1. The van der Waals surface area contributed by atoms with Crippen molar-refractivity contribution in [3.63, 3.8) is 0 Å². The first-order valence-electron chi connectivity index (χ1n) is 8.61. The highest BCUT2D eigenvalue weighted by molar-refractivity contribution is 7.80. The Kier molecular flexibility index (Phi) is 6.13. The van der Waals surface area contributed by atoms with Crippen molar-refractivity contribution in [1.82, 2.24) is 10.2 Å². The van der Waals surface area contributed by atoms with Gasteiger partial charge in [0, 0.05) is 20.1 Å². The summed E-state index contributed by atoms with van der Waals surface area (Å²) in [6.45, 7) is 1.44. The van der Waals surface area contributed by atoms with Crippen LogP contribution >= 0.6 is 12.2 Å². The molecule has 0 atom stereocenters. The molecule has 2 aromatic rings. The van der Waals surface area contributed by atoms with Crippen LogP contribution in [0.25, 0.3) is 0 Å². The number of carbonyl (C=O) groups is 1. The molecule has 1 heterocycles. The van der Waals surface area contributed by atoms with Gasteiger partial charge in [-0.25, -0.2) is 0 Å². The summed E-state index contributed by atoms with van der Waals surface area (Å²) in [6, 6.07) is 11.9. The maximum atomic E-state index is 11.6. The molecule has 27 heavy (non-hydrogen) atoms. The van der Waals surface area contributed by atoms with Crippen molar-refractivity contribution in [2.75, 3.05) is 27.5 Å². The van der Waals surface area contributed by atoms with Gasteiger partial charge in [-0.15, -0.1) is 0 Å². The van der Waals surface area contributed by atoms with Gasteiger partial charge in [0.1, 0.15) is 0 Å². The van der Waals surface area contributed by atoms with Gasteiger partial charge in [0.05, 0.1) is 12.7 Å². The molecule has 3 rings (SSSR count). The number of aldehydes is 1. The zero-order valence-corrected chi connectivity index (χ0v) is 16.2. The van der Waals surface area contributed by atoms with E-state index in [-0.39, 0.29) is 6.79 Å². The van der Waals surface area contributed by atoms with Crippen molar-refractivity contribution < 1.29 is 19.0 Å². The predicted molar refractivity (Wildman–Crippen MR) is 107 cm³/mol. The molecule has 0 saturated carbocycles. The number of nitrogens with one attached hydrogen (secondary N) is 1. The Labute approximate surface area is 164 Å². The van der Waals surface area contributed by atoms with E-state index in [2.05, 4.69) is 5.32 Å². The number of methoxy groups -OCH3 is 1. The zero-order chi connectivity index (χ0) is 19.2. The maximum absolute atomic E-state index is 11.6. The third-order valence-corrected chi connectivity index (χ3v) is 4.87. The standard InChI is InChI=1S/C20H22N2O4S/c1-22(20(27)21-11-14-6-4-3-5-7-14)9-8-15-10-17-19(26-13-25-17)18(24-2)16(15)12-23/h3-7,10,12H,8-9,11,13H2,1-2H3,(H,21,27). The highest BCUT2D eigenvalue weighted by atomic mass is 32.1. The van der Waals surface area contributed by atoms with Crippen LogP contribution < -0.4 is 19.5 Å². The topological polar surface area (TPSA) is 60.0 Å². The lowest BCUT2D eigenvalue weighted by Gasteiger charge is -2.22. The highest BCUT2D eigenvalue weighted by Crippen LogP contribution is 2.44. The van der Waals surface area contributed by atoms with Gasteiger partial charge < -0.3 is 24.4 Å². The van der Waals surface area contributed by atoms with Crippen LogP contribution in [0.1, 0.15) is 21.5 Å². The molecule has 2 aromatic carbocycles. The molecule has 0 fully saturated rings. The normalized spacial score (nSPS) is 11.8. The van der Waals surface area contributed by atoms with Gasteiger partial charge in [-0.1, -0.05) is 30.3 Å². The van der Waals surface area contributed by atoms with Crippen LogP contribution in [-0.2, 0) is 13.0 Å². The number of hydrogen-bond acceptors (Lipinski definition) is 5. The first-order valence-corrected chi connectivity index (χ1v) is 9.02. The van der Waals surface area contributed by atoms with Crippen molar-refractivity contribution in [2.24, 2.45) is 0 Å². The van der Waals surface area contributed by atoms with Crippen LogP contribution in [0.15, 0.2) is 36.4 Å². The van der Waals surface area contributed by atoms with E-state index in [0.29, 0.717) is 47.4 Å². The average Bonchev–Trinajstić information content (AvgIpc) is 3.17. The van der Waals surface area contributed by atoms with Gasteiger partial charge in [-0.2, -0.15) is 0 Å². The molecular formula is C20H22N2O4S. The average molecular weight is 386 g/mol. The number of ether oxygens (including phenoxy) is 3. The summed E-state index contributed by atoms with van der Waals surface area (Å²) in [5.74, 6) is 1.50. The van der Waals surface area contributed by atoms with Crippen molar-refractivity contribution >= 4 is 23.6 Å². The SMILES string of the molecule is COc1c(C=O)c(CCN(C)C(=S)NCc2ccccc2)cc2c1OCO2. The fraction of sp³-hybridized carbons (Fsp3) is 0.300. The summed E-state index contributed by atoms with van der Waals surface area (Å²) in [6.07, 6.45) is 1.41. The molecule has 1 aliphatic heterocycles. The first kappa shape index (κ1) is 19.0.